The molecule has 4 heteroatoms. The second kappa shape index (κ2) is 14.1. The van der Waals surface area contributed by atoms with Crippen LogP contribution in [0.25, 0.3) is 66.1 Å². The van der Waals surface area contributed by atoms with Crippen LogP contribution in [0, 0.1) is 0 Å². The highest BCUT2D eigenvalue weighted by molar-refractivity contribution is 6.94. The first-order chi connectivity index (χ1) is 31.0. The van der Waals surface area contributed by atoms with E-state index in [4.69, 9.17) is 4.42 Å². The smallest absolute Gasteiger partial charge is 0.333 e. The Kier molecular flexibility index (Phi) is 8.46. The van der Waals surface area contributed by atoms with Crippen molar-refractivity contribution in [3.05, 3.63) is 199 Å². The second-order valence-electron chi connectivity index (χ2n) is 19.7. The van der Waals surface area contributed by atoms with Crippen LogP contribution in [0.15, 0.2) is 192 Å². The SMILES string of the molecule is CC(C)(C)c1ccc(N2B3c4ccc5oc6ccccc6c5c4N(c4ccc(C(C)(C)C)cc4-c4ccccc4)c4cc5ccccc5c(c43)-c3ccc(-c4ccccc4)cc32)cc1. The fourth-order valence-corrected chi connectivity index (χ4v) is 10.5. The molecule has 9 aromatic carbocycles. The average Bonchev–Trinajstić information content (AvgIpc) is 3.70. The van der Waals surface area contributed by atoms with Gasteiger partial charge in [0.25, 0.3) is 0 Å². The van der Waals surface area contributed by atoms with Crippen LogP contribution in [0.5, 0.6) is 0 Å². The first-order valence-electron chi connectivity index (χ1n) is 22.6. The molecule has 10 aromatic rings. The van der Waals surface area contributed by atoms with Gasteiger partial charge < -0.3 is 14.1 Å². The minimum Gasteiger partial charge on any atom is -0.456 e. The number of benzene rings is 9. The number of hydrogen-bond acceptors (Lipinski definition) is 3. The van der Waals surface area contributed by atoms with Gasteiger partial charge in [0.05, 0.1) is 16.8 Å². The molecule has 0 amide bonds. The average molecular weight is 825 g/mol. The Morgan fingerprint density at radius 1 is 0.453 bits per heavy atom. The molecule has 2 aliphatic heterocycles. The molecule has 0 fully saturated rings. The fraction of sp³-hybridized carbons (Fsp3) is 0.133. The zero-order valence-electron chi connectivity index (χ0n) is 37.3. The predicted octanol–water partition coefficient (Wildman–Crippen LogP) is 15.4. The largest absolute Gasteiger partial charge is 0.456 e. The summed E-state index contributed by atoms with van der Waals surface area (Å²) in [5, 5.41) is 4.70. The maximum Gasteiger partial charge on any atom is 0.333 e. The molecule has 1 aromatic heterocycles. The quantitative estimate of drug-likeness (QED) is 0.165. The standard InChI is InChI=1S/C60H49BN2O/c1-59(2,3)42-26-29-44(30-27-42)63-51-35-40(38-17-9-7-10-18-38)25-31-46(51)55-45-22-14-13-21-41(45)36-52-57(55)61(63)49-32-34-54-56(47-23-15-16-24-53(47)64-54)58(49)62(52)50-33-28-43(60(4,5)6)37-48(50)39-19-11-8-12-20-39/h7-37H,1-6H3. The molecular weight excluding hydrogens is 775 g/mol. The molecule has 0 unspecified atom stereocenters. The Morgan fingerprint density at radius 2 is 1.11 bits per heavy atom. The molecule has 0 atom stereocenters. The lowest BCUT2D eigenvalue weighted by atomic mass is 9.43. The summed E-state index contributed by atoms with van der Waals surface area (Å²) in [5.41, 5.74) is 20.0. The molecule has 12 rings (SSSR count). The number of furan rings is 1. The summed E-state index contributed by atoms with van der Waals surface area (Å²) in [4.78, 5) is 5.24. The third kappa shape index (κ3) is 5.89. The van der Waals surface area contributed by atoms with Crippen molar-refractivity contribution in [2.45, 2.75) is 52.4 Å². The summed E-state index contributed by atoms with van der Waals surface area (Å²) in [7, 11) is 0. The predicted molar refractivity (Wildman–Crippen MR) is 273 cm³/mol. The van der Waals surface area contributed by atoms with Crippen molar-refractivity contribution < 1.29 is 4.42 Å². The topological polar surface area (TPSA) is 19.6 Å². The van der Waals surface area contributed by atoms with E-state index in [0.717, 1.165) is 39.0 Å². The van der Waals surface area contributed by atoms with Crippen LogP contribution in [-0.2, 0) is 10.8 Å². The lowest BCUT2D eigenvalue weighted by molar-refractivity contribution is 0.590. The van der Waals surface area contributed by atoms with Crippen molar-refractivity contribution in [3.8, 4) is 33.4 Å². The lowest BCUT2D eigenvalue weighted by Gasteiger charge is -2.46. The van der Waals surface area contributed by atoms with Gasteiger partial charge in [0.15, 0.2) is 0 Å². The number of anilines is 5. The Morgan fingerprint density at radius 3 is 1.84 bits per heavy atom. The first kappa shape index (κ1) is 38.4. The molecule has 0 bridgehead atoms. The zero-order chi connectivity index (χ0) is 43.5. The van der Waals surface area contributed by atoms with E-state index in [9.17, 15) is 0 Å². The van der Waals surface area contributed by atoms with Crippen LogP contribution in [0.4, 0.5) is 28.4 Å². The summed E-state index contributed by atoms with van der Waals surface area (Å²) >= 11 is 0. The Hall–Kier alpha value is -7.30. The molecule has 0 N–H and O–H groups in total. The number of rotatable bonds is 4. The molecule has 0 aliphatic carbocycles. The maximum absolute atomic E-state index is 6.78. The molecule has 0 spiro atoms. The van der Waals surface area contributed by atoms with E-state index in [0.29, 0.717) is 0 Å². The summed E-state index contributed by atoms with van der Waals surface area (Å²) < 4.78 is 6.78. The van der Waals surface area contributed by atoms with Gasteiger partial charge in [0, 0.05) is 33.6 Å². The number of nitrogens with zero attached hydrogens (tertiary/aromatic N) is 2. The normalized spacial score (nSPS) is 13.4. The summed E-state index contributed by atoms with van der Waals surface area (Å²) in [5.74, 6) is 0. The molecule has 308 valence electrons. The van der Waals surface area contributed by atoms with Gasteiger partial charge in [-0.05, 0) is 114 Å². The third-order valence-electron chi connectivity index (χ3n) is 13.7. The molecule has 64 heavy (non-hydrogen) atoms. The minimum atomic E-state index is -0.174. The second-order valence-corrected chi connectivity index (χ2v) is 19.7. The van der Waals surface area contributed by atoms with E-state index in [2.05, 4.69) is 239 Å². The maximum atomic E-state index is 6.78. The highest BCUT2D eigenvalue weighted by Gasteiger charge is 2.47. The van der Waals surface area contributed by atoms with Crippen molar-refractivity contribution in [3.63, 3.8) is 0 Å². The lowest BCUT2D eigenvalue weighted by Crippen LogP contribution is -2.61. The van der Waals surface area contributed by atoms with Gasteiger partial charge in [0.1, 0.15) is 11.2 Å². The summed E-state index contributed by atoms with van der Waals surface area (Å²) in [6.45, 7) is 13.6. The van der Waals surface area contributed by atoms with Crippen LogP contribution in [0.1, 0.15) is 52.7 Å². The third-order valence-corrected chi connectivity index (χ3v) is 13.7. The molecule has 0 radical (unpaired) electrons. The molecular formula is C60H49BN2O. The summed E-state index contributed by atoms with van der Waals surface area (Å²) in [6, 6.07) is 70.0. The molecule has 2 aliphatic rings. The van der Waals surface area contributed by atoms with Crippen LogP contribution in [-0.4, -0.2) is 6.85 Å². The van der Waals surface area contributed by atoms with Crippen molar-refractivity contribution in [2.24, 2.45) is 0 Å². The Labute approximate surface area is 376 Å². The van der Waals surface area contributed by atoms with Crippen LogP contribution >= 0.6 is 0 Å². The van der Waals surface area contributed by atoms with Gasteiger partial charge in [-0.15, -0.1) is 0 Å². The van der Waals surface area contributed by atoms with Gasteiger partial charge in [0.2, 0.25) is 0 Å². The van der Waals surface area contributed by atoms with Gasteiger partial charge in [-0.2, -0.15) is 0 Å². The summed E-state index contributed by atoms with van der Waals surface area (Å²) in [6.07, 6.45) is 0. The van der Waals surface area contributed by atoms with Crippen LogP contribution in [0.2, 0.25) is 0 Å². The van der Waals surface area contributed by atoms with E-state index < -0.39 is 0 Å². The molecule has 0 saturated carbocycles. The number of para-hydroxylation sites is 1. The highest BCUT2D eigenvalue weighted by Crippen LogP contribution is 2.53. The fourth-order valence-electron chi connectivity index (χ4n) is 10.5. The van der Waals surface area contributed by atoms with Gasteiger partial charge >= 0.3 is 6.85 Å². The monoisotopic (exact) mass is 824 g/mol. The highest BCUT2D eigenvalue weighted by atomic mass is 16.3. The van der Waals surface area contributed by atoms with Crippen molar-refractivity contribution in [1.82, 2.24) is 0 Å². The van der Waals surface area contributed by atoms with E-state index in [1.54, 1.807) is 0 Å². The Balaban J connectivity index is 1.26. The molecule has 3 heterocycles. The van der Waals surface area contributed by atoms with Crippen molar-refractivity contribution in [2.75, 3.05) is 9.71 Å². The number of hydrogen-bond donors (Lipinski definition) is 0. The number of fused-ring (bicyclic) bond motifs is 10. The van der Waals surface area contributed by atoms with Crippen LogP contribution < -0.4 is 20.6 Å². The minimum absolute atomic E-state index is 0.0163. The van der Waals surface area contributed by atoms with Crippen molar-refractivity contribution >= 4 is 78.9 Å². The molecule has 3 nitrogen and oxygen atoms in total. The first-order valence-corrected chi connectivity index (χ1v) is 22.6. The van der Waals surface area contributed by atoms with Crippen molar-refractivity contribution in [1.29, 1.82) is 0 Å². The van der Waals surface area contributed by atoms with Gasteiger partial charge in [-0.25, -0.2) is 0 Å². The van der Waals surface area contributed by atoms with E-state index in [1.165, 1.54) is 77.6 Å². The van der Waals surface area contributed by atoms with E-state index in [-0.39, 0.29) is 17.7 Å². The van der Waals surface area contributed by atoms with E-state index in [1.807, 2.05) is 0 Å². The Bertz CT molecular complexity index is 3460. The zero-order valence-corrected chi connectivity index (χ0v) is 37.3. The van der Waals surface area contributed by atoms with E-state index >= 15 is 0 Å². The molecule has 0 saturated heterocycles. The van der Waals surface area contributed by atoms with Crippen LogP contribution in [0.3, 0.4) is 0 Å². The van der Waals surface area contributed by atoms with Gasteiger partial charge in [-0.1, -0.05) is 181 Å². The van der Waals surface area contributed by atoms with Gasteiger partial charge in [-0.3, -0.25) is 0 Å².